The molecule has 0 aromatic heterocycles. The zero-order valence-electron chi connectivity index (χ0n) is 8.99. The zero-order valence-corrected chi connectivity index (χ0v) is 10.6. The van der Waals surface area contributed by atoms with E-state index in [9.17, 15) is 8.42 Å². The van der Waals surface area contributed by atoms with Crippen molar-refractivity contribution in [2.24, 2.45) is 0 Å². The molecule has 1 fully saturated rings. The van der Waals surface area contributed by atoms with Gasteiger partial charge < -0.3 is 4.74 Å². The Labute approximate surface area is 96.6 Å². The van der Waals surface area contributed by atoms with Crippen molar-refractivity contribution in [2.45, 2.75) is 25.3 Å². The van der Waals surface area contributed by atoms with E-state index in [1.54, 1.807) is 4.31 Å². The van der Waals surface area contributed by atoms with Gasteiger partial charge in [-0.25, -0.2) is 8.42 Å². The lowest BCUT2D eigenvalue weighted by Gasteiger charge is -2.36. The van der Waals surface area contributed by atoms with Crippen molar-refractivity contribution in [3.05, 3.63) is 0 Å². The molecule has 0 amide bonds. The highest BCUT2D eigenvalue weighted by Crippen LogP contribution is 2.27. The van der Waals surface area contributed by atoms with Gasteiger partial charge in [-0.05, 0) is 12.8 Å². The number of hydrogen-bond donors (Lipinski definition) is 0. The second-order valence-corrected chi connectivity index (χ2v) is 6.11. The quantitative estimate of drug-likeness (QED) is 0.639. The van der Waals surface area contributed by atoms with E-state index >= 15 is 0 Å². The summed E-state index contributed by atoms with van der Waals surface area (Å²) in [7, 11) is -1.68. The number of halogens is 1. The lowest BCUT2D eigenvalue weighted by atomic mass is 9.93. The molecule has 6 heteroatoms. The van der Waals surface area contributed by atoms with Crippen LogP contribution in [0.2, 0.25) is 0 Å². The summed E-state index contributed by atoms with van der Waals surface area (Å²) in [6, 6.07) is 0.172. The molecule has 15 heavy (non-hydrogen) atoms. The number of hydrogen-bond acceptors (Lipinski definition) is 3. The largest absolute Gasteiger partial charge is 0.384 e. The van der Waals surface area contributed by atoms with Gasteiger partial charge in [0.05, 0.1) is 12.4 Å². The molecule has 1 rings (SSSR count). The molecule has 0 aromatic rings. The van der Waals surface area contributed by atoms with Gasteiger partial charge in [0.2, 0.25) is 10.0 Å². The van der Waals surface area contributed by atoms with Crippen LogP contribution in [0, 0.1) is 0 Å². The van der Waals surface area contributed by atoms with E-state index < -0.39 is 10.0 Å². The van der Waals surface area contributed by atoms with Gasteiger partial charge >= 0.3 is 0 Å². The van der Waals surface area contributed by atoms with Gasteiger partial charge in [-0.3, -0.25) is 0 Å². The molecule has 0 heterocycles. The smallest absolute Gasteiger partial charge is 0.216 e. The molecular formula is C9H18ClNO3S. The Balaban J connectivity index is 2.60. The minimum Gasteiger partial charge on any atom is -0.384 e. The fourth-order valence-electron chi connectivity index (χ4n) is 1.61. The average Bonchev–Trinajstić information content (AvgIpc) is 2.11. The summed E-state index contributed by atoms with van der Waals surface area (Å²) in [5, 5.41) is 0. The first-order valence-electron chi connectivity index (χ1n) is 5.16. The van der Waals surface area contributed by atoms with Crippen molar-refractivity contribution >= 4 is 21.6 Å². The number of methoxy groups -OCH3 is 1. The molecule has 0 N–H and O–H groups in total. The molecule has 1 aliphatic carbocycles. The Morgan fingerprint density at radius 2 is 2.13 bits per heavy atom. The minimum absolute atomic E-state index is 0.0525. The predicted molar refractivity (Wildman–Crippen MR) is 60.7 cm³/mol. The molecule has 0 bridgehead atoms. The predicted octanol–water partition coefficient (Wildman–Crippen LogP) is 1.06. The molecule has 0 saturated heterocycles. The van der Waals surface area contributed by atoms with E-state index in [4.69, 9.17) is 16.3 Å². The third kappa shape index (κ3) is 3.59. The monoisotopic (exact) mass is 255 g/mol. The molecule has 0 atom stereocenters. The highest BCUT2D eigenvalue weighted by molar-refractivity contribution is 7.89. The van der Waals surface area contributed by atoms with E-state index in [-0.39, 0.29) is 18.4 Å². The van der Waals surface area contributed by atoms with Gasteiger partial charge in [-0.15, -0.1) is 11.6 Å². The van der Waals surface area contributed by atoms with Crippen LogP contribution < -0.4 is 0 Å². The molecule has 1 saturated carbocycles. The number of nitrogens with zero attached hydrogens (tertiary/aromatic N) is 1. The third-order valence-electron chi connectivity index (χ3n) is 2.69. The fourth-order valence-corrected chi connectivity index (χ4v) is 3.54. The SMILES string of the molecule is COCCS(=O)(=O)N(CCCl)C1CCC1. The van der Waals surface area contributed by atoms with Crippen LogP contribution in [0.15, 0.2) is 0 Å². The summed E-state index contributed by atoms with van der Waals surface area (Å²) >= 11 is 5.62. The van der Waals surface area contributed by atoms with E-state index in [1.165, 1.54) is 7.11 Å². The number of sulfonamides is 1. The van der Waals surface area contributed by atoms with Gasteiger partial charge in [-0.1, -0.05) is 6.42 Å². The van der Waals surface area contributed by atoms with Gasteiger partial charge in [0.1, 0.15) is 0 Å². The van der Waals surface area contributed by atoms with Gasteiger partial charge in [0.15, 0.2) is 0 Å². The highest BCUT2D eigenvalue weighted by Gasteiger charge is 2.32. The van der Waals surface area contributed by atoms with Crippen LogP contribution >= 0.6 is 11.6 Å². The summed E-state index contributed by atoms with van der Waals surface area (Å²) in [5.41, 5.74) is 0. The molecule has 0 spiro atoms. The lowest BCUT2D eigenvalue weighted by molar-refractivity contribution is 0.205. The zero-order chi connectivity index (χ0) is 11.3. The molecule has 0 unspecified atom stereocenters. The topological polar surface area (TPSA) is 46.6 Å². The Morgan fingerprint density at radius 1 is 1.47 bits per heavy atom. The number of rotatable bonds is 7. The van der Waals surface area contributed by atoms with E-state index in [0.29, 0.717) is 12.4 Å². The van der Waals surface area contributed by atoms with Crippen LogP contribution in [0.1, 0.15) is 19.3 Å². The van der Waals surface area contributed by atoms with Crippen molar-refractivity contribution in [1.82, 2.24) is 4.31 Å². The van der Waals surface area contributed by atoms with Crippen molar-refractivity contribution in [2.75, 3.05) is 31.9 Å². The summed E-state index contributed by atoms with van der Waals surface area (Å²) in [5.74, 6) is 0.402. The second kappa shape index (κ2) is 6.03. The first-order valence-corrected chi connectivity index (χ1v) is 7.30. The van der Waals surface area contributed by atoms with E-state index in [2.05, 4.69) is 0 Å². The summed E-state index contributed by atoms with van der Waals surface area (Å²) in [6.07, 6.45) is 3.04. The summed E-state index contributed by atoms with van der Waals surface area (Å²) in [4.78, 5) is 0. The van der Waals surface area contributed by atoms with Crippen LogP contribution in [-0.2, 0) is 14.8 Å². The Bertz CT molecular complexity index is 277. The second-order valence-electron chi connectivity index (χ2n) is 3.69. The normalized spacial score (nSPS) is 18.1. The molecular weight excluding hydrogens is 238 g/mol. The molecule has 4 nitrogen and oxygen atoms in total. The Kier molecular flexibility index (Phi) is 5.32. The molecule has 0 aliphatic heterocycles. The maximum Gasteiger partial charge on any atom is 0.216 e. The van der Waals surface area contributed by atoms with Gasteiger partial charge in [0, 0.05) is 25.6 Å². The first kappa shape index (κ1) is 13.2. The third-order valence-corrected chi connectivity index (χ3v) is 4.74. The maximum atomic E-state index is 11.9. The minimum atomic E-state index is -3.18. The molecule has 0 radical (unpaired) electrons. The van der Waals surface area contributed by atoms with Crippen LogP contribution in [0.5, 0.6) is 0 Å². The maximum absolute atomic E-state index is 11.9. The Hall–Kier alpha value is 0.160. The highest BCUT2D eigenvalue weighted by atomic mass is 35.5. The van der Waals surface area contributed by atoms with E-state index in [0.717, 1.165) is 19.3 Å². The average molecular weight is 256 g/mol. The van der Waals surface area contributed by atoms with Crippen molar-refractivity contribution in [3.8, 4) is 0 Å². The van der Waals surface area contributed by atoms with Crippen molar-refractivity contribution in [1.29, 1.82) is 0 Å². The van der Waals surface area contributed by atoms with Crippen LogP contribution in [0.4, 0.5) is 0 Å². The van der Waals surface area contributed by atoms with Crippen molar-refractivity contribution in [3.63, 3.8) is 0 Å². The Morgan fingerprint density at radius 3 is 2.53 bits per heavy atom. The number of alkyl halides is 1. The molecule has 0 aromatic carbocycles. The first-order chi connectivity index (χ1) is 7.11. The van der Waals surface area contributed by atoms with Crippen LogP contribution in [0.25, 0.3) is 0 Å². The summed E-state index contributed by atoms with van der Waals surface area (Å²) in [6.45, 7) is 0.659. The van der Waals surface area contributed by atoms with Crippen LogP contribution in [-0.4, -0.2) is 50.7 Å². The molecule has 1 aliphatic rings. The van der Waals surface area contributed by atoms with Crippen molar-refractivity contribution < 1.29 is 13.2 Å². The van der Waals surface area contributed by atoms with Crippen LogP contribution in [0.3, 0.4) is 0 Å². The fraction of sp³-hybridized carbons (Fsp3) is 1.00. The van der Waals surface area contributed by atoms with Gasteiger partial charge in [0.25, 0.3) is 0 Å². The summed E-state index contributed by atoms with van der Waals surface area (Å²) < 4.78 is 30.1. The van der Waals surface area contributed by atoms with Gasteiger partial charge in [-0.2, -0.15) is 4.31 Å². The molecule has 90 valence electrons. The van der Waals surface area contributed by atoms with E-state index in [1.807, 2.05) is 0 Å². The number of ether oxygens (including phenoxy) is 1. The lowest BCUT2D eigenvalue weighted by Crippen LogP contribution is -2.46. The standard InChI is InChI=1S/C9H18ClNO3S/c1-14-7-8-15(12,13)11(6-5-10)9-3-2-4-9/h9H,2-8H2,1H3.